The van der Waals surface area contributed by atoms with Crippen LogP contribution in [0.3, 0.4) is 0 Å². The van der Waals surface area contributed by atoms with Gasteiger partial charge in [0.2, 0.25) is 5.91 Å². The van der Waals surface area contributed by atoms with Crippen molar-refractivity contribution in [3.05, 3.63) is 24.0 Å². The summed E-state index contributed by atoms with van der Waals surface area (Å²) in [4.78, 5) is 14.6. The first kappa shape index (κ1) is 13.7. The van der Waals surface area contributed by atoms with E-state index in [0.29, 0.717) is 18.2 Å². The number of aryl methyl sites for hydroxylation is 1. The summed E-state index contributed by atoms with van der Waals surface area (Å²) in [7, 11) is 2.06. The van der Waals surface area contributed by atoms with Crippen LogP contribution in [0.2, 0.25) is 0 Å². The molecular formula is C16H24N2O2. The largest absolute Gasteiger partial charge is 0.381 e. The Morgan fingerprint density at radius 2 is 2.35 bits per heavy atom. The third-order valence-corrected chi connectivity index (χ3v) is 4.69. The van der Waals surface area contributed by atoms with E-state index in [0.717, 1.165) is 45.4 Å². The van der Waals surface area contributed by atoms with Crippen molar-refractivity contribution in [3.63, 3.8) is 0 Å². The SMILES string of the molecule is Cn1cccc1C1CCCN1C(=O)CCC1CCOC1. The molecule has 3 rings (SSSR count). The Morgan fingerprint density at radius 1 is 1.45 bits per heavy atom. The van der Waals surface area contributed by atoms with Crippen LogP contribution in [0.1, 0.15) is 43.8 Å². The van der Waals surface area contributed by atoms with Crippen LogP contribution < -0.4 is 0 Å². The number of carbonyl (C=O) groups excluding carboxylic acids is 1. The second kappa shape index (κ2) is 6.00. The van der Waals surface area contributed by atoms with E-state index in [1.807, 2.05) is 0 Å². The quantitative estimate of drug-likeness (QED) is 0.847. The Morgan fingerprint density at radius 3 is 3.05 bits per heavy atom. The average Bonchev–Trinajstić information content (AvgIpc) is 3.16. The zero-order valence-corrected chi connectivity index (χ0v) is 12.3. The number of ether oxygens (including phenoxy) is 1. The highest BCUT2D eigenvalue weighted by atomic mass is 16.5. The smallest absolute Gasteiger partial charge is 0.223 e. The highest BCUT2D eigenvalue weighted by Gasteiger charge is 2.31. The molecule has 2 saturated heterocycles. The zero-order chi connectivity index (χ0) is 13.9. The Kier molecular flexibility index (Phi) is 4.10. The van der Waals surface area contributed by atoms with Crippen molar-refractivity contribution >= 4 is 5.91 Å². The molecule has 1 aromatic heterocycles. The van der Waals surface area contributed by atoms with Gasteiger partial charge >= 0.3 is 0 Å². The molecule has 1 aromatic rings. The van der Waals surface area contributed by atoms with Gasteiger partial charge in [-0.3, -0.25) is 4.79 Å². The van der Waals surface area contributed by atoms with Gasteiger partial charge in [0.05, 0.1) is 6.04 Å². The lowest BCUT2D eigenvalue weighted by Crippen LogP contribution is -2.31. The molecule has 4 nitrogen and oxygen atoms in total. The molecule has 0 bridgehead atoms. The van der Waals surface area contributed by atoms with Crippen LogP contribution in [-0.4, -0.2) is 35.1 Å². The molecule has 2 aliphatic rings. The predicted molar refractivity (Wildman–Crippen MR) is 77.3 cm³/mol. The van der Waals surface area contributed by atoms with E-state index in [1.165, 1.54) is 5.69 Å². The van der Waals surface area contributed by atoms with Gasteiger partial charge in [-0.25, -0.2) is 0 Å². The Hall–Kier alpha value is -1.29. The average molecular weight is 276 g/mol. The van der Waals surface area contributed by atoms with Crippen molar-refractivity contribution in [1.82, 2.24) is 9.47 Å². The lowest BCUT2D eigenvalue weighted by molar-refractivity contribution is -0.132. The van der Waals surface area contributed by atoms with E-state index in [2.05, 4.69) is 34.8 Å². The highest BCUT2D eigenvalue weighted by Crippen LogP contribution is 2.33. The van der Waals surface area contributed by atoms with E-state index in [9.17, 15) is 4.79 Å². The Bertz CT molecular complexity index is 463. The van der Waals surface area contributed by atoms with Crippen molar-refractivity contribution in [2.45, 2.75) is 38.1 Å². The zero-order valence-electron chi connectivity index (χ0n) is 12.3. The molecule has 0 spiro atoms. The first-order chi connectivity index (χ1) is 9.75. The summed E-state index contributed by atoms with van der Waals surface area (Å²) in [6, 6.07) is 4.48. The minimum Gasteiger partial charge on any atom is -0.381 e. The first-order valence-electron chi connectivity index (χ1n) is 7.74. The Balaban J connectivity index is 1.60. The van der Waals surface area contributed by atoms with Gasteiger partial charge in [0.15, 0.2) is 0 Å². The van der Waals surface area contributed by atoms with Crippen LogP contribution in [0.15, 0.2) is 18.3 Å². The molecule has 0 N–H and O–H groups in total. The van der Waals surface area contributed by atoms with Crippen molar-refractivity contribution < 1.29 is 9.53 Å². The van der Waals surface area contributed by atoms with Crippen LogP contribution >= 0.6 is 0 Å². The second-order valence-electron chi connectivity index (χ2n) is 6.06. The maximum atomic E-state index is 12.5. The molecule has 0 radical (unpaired) electrons. The molecule has 2 aliphatic heterocycles. The number of rotatable bonds is 4. The standard InChI is InChI=1S/C16H24N2O2/c1-17-9-2-4-14(17)15-5-3-10-18(15)16(19)7-6-13-8-11-20-12-13/h2,4,9,13,15H,3,5-8,10-12H2,1H3. The lowest BCUT2D eigenvalue weighted by atomic mass is 10.0. The normalized spacial score (nSPS) is 26.4. The summed E-state index contributed by atoms with van der Waals surface area (Å²) < 4.78 is 7.52. The summed E-state index contributed by atoms with van der Waals surface area (Å²) >= 11 is 0. The summed E-state index contributed by atoms with van der Waals surface area (Å²) in [5.41, 5.74) is 1.26. The van der Waals surface area contributed by atoms with Gasteiger partial charge in [0.25, 0.3) is 0 Å². The van der Waals surface area contributed by atoms with Crippen LogP contribution in [0.25, 0.3) is 0 Å². The van der Waals surface area contributed by atoms with E-state index in [-0.39, 0.29) is 6.04 Å². The molecule has 4 heteroatoms. The number of likely N-dealkylation sites (tertiary alicyclic amines) is 1. The molecule has 110 valence electrons. The molecule has 2 atom stereocenters. The number of nitrogens with zero attached hydrogens (tertiary/aromatic N) is 2. The van der Waals surface area contributed by atoms with Crippen molar-refractivity contribution in [1.29, 1.82) is 0 Å². The summed E-state index contributed by atoms with van der Waals surface area (Å²) in [6.07, 6.45) is 7.05. The summed E-state index contributed by atoms with van der Waals surface area (Å²) in [6.45, 7) is 2.62. The van der Waals surface area contributed by atoms with Crippen LogP contribution in [0.5, 0.6) is 0 Å². The minimum absolute atomic E-state index is 0.280. The molecule has 1 amide bonds. The van der Waals surface area contributed by atoms with E-state index >= 15 is 0 Å². The topological polar surface area (TPSA) is 34.5 Å². The number of hydrogen-bond donors (Lipinski definition) is 0. The van der Waals surface area contributed by atoms with Crippen LogP contribution in [0.4, 0.5) is 0 Å². The third-order valence-electron chi connectivity index (χ3n) is 4.69. The van der Waals surface area contributed by atoms with E-state index in [1.54, 1.807) is 0 Å². The molecule has 0 aliphatic carbocycles. The number of amides is 1. The molecule has 2 unspecified atom stereocenters. The lowest BCUT2D eigenvalue weighted by Gasteiger charge is -2.26. The van der Waals surface area contributed by atoms with Gasteiger partial charge in [-0.1, -0.05) is 0 Å². The highest BCUT2D eigenvalue weighted by molar-refractivity contribution is 5.77. The third kappa shape index (κ3) is 2.75. The van der Waals surface area contributed by atoms with Gasteiger partial charge in [0.1, 0.15) is 0 Å². The monoisotopic (exact) mass is 276 g/mol. The maximum Gasteiger partial charge on any atom is 0.223 e. The van der Waals surface area contributed by atoms with E-state index in [4.69, 9.17) is 4.74 Å². The van der Waals surface area contributed by atoms with Crippen LogP contribution in [-0.2, 0) is 16.6 Å². The van der Waals surface area contributed by atoms with Gasteiger partial charge in [0, 0.05) is 45.1 Å². The van der Waals surface area contributed by atoms with Gasteiger partial charge in [-0.05, 0) is 43.7 Å². The molecule has 20 heavy (non-hydrogen) atoms. The number of carbonyl (C=O) groups is 1. The number of aromatic nitrogens is 1. The van der Waals surface area contributed by atoms with Crippen LogP contribution in [0, 0.1) is 5.92 Å². The predicted octanol–water partition coefficient (Wildman–Crippen LogP) is 2.51. The fraction of sp³-hybridized carbons (Fsp3) is 0.688. The Labute approximate surface area is 120 Å². The van der Waals surface area contributed by atoms with Crippen molar-refractivity contribution in [3.8, 4) is 0 Å². The first-order valence-corrected chi connectivity index (χ1v) is 7.74. The second-order valence-corrected chi connectivity index (χ2v) is 6.06. The molecule has 0 aromatic carbocycles. The van der Waals surface area contributed by atoms with Gasteiger partial charge < -0.3 is 14.2 Å². The van der Waals surface area contributed by atoms with Gasteiger partial charge in [-0.15, -0.1) is 0 Å². The minimum atomic E-state index is 0.280. The van der Waals surface area contributed by atoms with Gasteiger partial charge in [-0.2, -0.15) is 0 Å². The fourth-order valence-corrected chi connectivity index (χ4v) is 3.48. The van der Waals surface area contributed by atoms with E-state index < -0.39 is 0 Å². The maximum absolute atomic E-state index is 12.5. The molecule has 2 fully saturated rings. The molecule has 3 heterocycles. The summed E-state index contributed by atoms with van der Waals surface area (Å²) in [5.74, 6) is 0.913. The fourth-order valence-electron chi connectivity index (χ4n) is 3.48. The molecular weight excluding hydrogens is 252 g/mol. The molecule has 0 saturated carbocycles. The summed E-state index contributed by atoms with van der Waals surface area (Å²) in [5, 5.41) is 0. The van der Waals surface area contributed by atoms with Crippen molar-refractivity contribution in [2.75, 3.05) is 19.8 Å². The van der Waals surface area contributed by atoms with Crippen molar-refractivity contribution in [2.24, 2.45) is 13.0 Å². The number of hydrogen-bond acceptors (Lipinski definition) is 2.